The van der Waals surface area contributed by atoms with Gasteiger partial charge in [0.2, 0.25) is 5.95 Å². The first-order chi connectivity index (χ1) is 19.4. The number of alkyl halides is 2. The van der Waals surface area contributed by atoms with Crippen molar-refractivity contribution < 1.29 is 18.3 Å². The third kappa shape index (κ3) is 4.14. The first-order valence-corrected chi connectivity index (χ1v) is 13.7. The number of carbonyl (C=O) groups excluding carboxylic acids is 1. The Labute approximate surface area is 229 Å². The van der Waals surface area contributed by atoms with E-state index in [0.29, 0.717) is 60.1 Å². The second kappa shape index (κ2) is 9.65. The zero-order valence-corrected chi connectivity index (χ0v) is 22.5. The van der Waals surface area contributed by atoms with Crippen molar-refractivity contribution in [3.63, 3.8) is 0 Å². The highest BCUT2D eigenvalue weighted by Gasteiger charge is 2.36. The number of carbonyl (C=O) groups is 1. The van der Waals surface area contributed by atoms with Crippen LogP contribution in [-0.4, -0.2) is 97.4 Å². The summed E-state index contributed by atoms with van der Waals surface area (Å²) in [7, 11) is 3.51. The van der Waals surface area contributed by atoms with Gasteiger partial charge in [-0.3, -0.25) is 4.57 Å². The number of halogens is 2. The number of nitrogens with zero attached hydrogens (tertiary/aromatic N) is 9. The third-order valence-electron chi connectivity index (χ3n) is 8.22. The second-order valence-corrected chi connectivity index (χ2v) is 11.0. The van der Waals surface area contributed by atoms with Crippen LogP contribution >= 0.6 is 0 Å². The highest BCUT2D eigenvalue weighted by atomic mass is 19.3. The summed E-state index contributed by atoms with van der Waals surface area (Å²) in [5.74, 6) is 0.392. The molecule has 2 unspecified atom stereocenters. The molecule has 3 saturated heterocycles. The molecule has 3 aliphatic heterocycles. The number of rotatable bonds is 4. The highest BCUT2D eigenvalue weighted by Crippen LogP contribution is 2.35. The minimum Gasteiger partial charge on any atom is -0.371 e. The van der Waals surface area contributed by atoms with Crippen molar-refractivity contribution in [1.82, 2.24) is 38.9 Å². The average Bonchev–Trinajstić information content (AvgIpc) is 3.66. The van der Waals surface area contributed by atoms with Crippen LogP contribution in [0.3, 0.4) is 0 Å². The van der Waals surface area contributed by atoms with Gasteiger partial charge in [0.1, 0.15) is 0 Å². The molecule has 1 aromatic carbocycles. The SMILES string of the molecule is CN(C)C(=O)N1CCC(n2cnc3c(-n4c(C(F)F)nc5ccccc54)nc(N4CC5CCC(C4)O5)nc32)CC1. The summed E-state index contributed by atoms with van der Waals surface area (Å²) >= 11 is 0. The molecule has 3 aromatic heterocycles. The van der Waals surface area contributed by atoms with Crippen molar-refractivity contribution in [1.29, 1.82) is 0 Å². The van der Waals surface area contributed by atoms with Gasteiger partial charge in [-0.15, -0.1) is 0 Å². The van der Waals surface area contributed by atoms with Gasteiger partial charge in [-0.05, 0) is 37.8 Å². The van der Waals surface area contributed by atoms with Gasteiger partial charge in [0.25, 0.3) is 6.43 Å². The Bertz CT molecular complexity index is 1570. The first kappa shape index (κ1) is 25.1. The smallest absolute Gasteiger partial charge is 0.319 e. The second-order valence-electron chi connectivity index (χ2n) is 11.0. The summed E-state index contributed by atoms with van der Waals surface area (Å²) < 4.78 is 38.2. The minimum absolute atomic E-state index is 0.00528. The number of urea groups is 1. The number of imidazole rings is 2. The fourth-order valence-electron chi connectivity index (χ4n) is 6.26. The molecule has 7 rings (SSSR count). The van der Waals surface area contributed by atoms with Crippen molar-refractivity contribution in [3.05, 3.63) is 36.4 Å². The number of ether oxygens (including phenoxy) is 1. The molecule has 2 bridgehead atoms. The quantitative estimate of drug-likeness (QED) is 0.381. The Hall–Kier alpha value is -3.87. The van der Waals surface area contributed by atoms with Crippen molar-refractivity contribution in [2.75, 3.05) is 45.2 Å². The molecule has 4 aromatic rings. The molecule has 3 aliphatic rings. The van der Waals surface area contributed by atoms with Crippen LogP contribution in [0.4, 0.5) is 19.5 Å². The van der Waals surface area contributed by atoms with Gasteiger partial charge in [-0.25, -0.2) is 23.5 Å². The summed E-state index contributed by atoms with van der Waals surface area (Å²) in [6, 6.07) is 7.12. The number of anilines is 1. The number of piperidine rings is 1. The zero-order valence-electron chi connectivity index (χ0n) is 22.5. The van der Waals surface area contributed by atoms with E-state index in [1.54, 1.807) is 49.6 Å². The monoisotopic (exact) mass is 551 g/mol. The van der Waals surface area contributed by atoms with E-state index in [0.717, 1.165) is 25.7 Å². The lowest BCUT2D eigenvalue weighted by Gasteiger charge is -2.34. The number of aromatic nitrogens is 6. The molecule has 0 radical (unpaired) electrons. The third-order valence-corrected chi connectivity index (χ3v) is 8.22. The molecule has 40 heavy (non-hydrogen) atoms. The molecule has 2 amide bonds. The maximum absolute atomic E-state index is 14.4. The number of fused-ring (bicyclic) bond motifs is 4. The van der Waals surface area contributed by atoms with Gasteiger partial charge in [-0.1, -0.05) is 12.1 Å². The van der Waals surface area contributed by atoms with Crippen LogP contribution in [0.1, 0.15) is 44.0 Å². The first-order valence-electron chi connectivity index (χ1n) is 13.7. The van der Waals surface area contributed by atoms with Crippen LogP contribution in [0.15, 0.2) is 30.6 Å². The van der Waals surface area contributed by atoms with E-state index in [-0.39, 0.29) is 30.1 Å². The van der Waals surface area contributed by atoms with E-state index < -0.39 is 6.43 Å². The molecule has 11 nitrogen and oxygen atoms in total. The van der Waals surface area contributed by atoms with Crippen LogP contribution in [-0.2, 0) is 4.74 Å². The lowest BCUT2D eigenvalue weighted by atomic mass is 10.1. The van der Waals surface area contributed by atoms with E-state index in [4.69, 9.17) is 14.7 Å². The molecule has 0 aliphatic carbocycles. The Morgan fingerprint density at radius 1 is 1.02 bits per heavy atom. The largest absolute Gasteiger partial charge is 0.371 e. The Kier molecular flexibility index (Phi) is 6.06. The summed E-state index contributed by atoms with van der Waals surface area (Å²) in [5, 5.41) is 0. The fourth-order valence-corrected chi connectivity index (χ4v) is 6.26. The van der Waals surface area contributed by atoms with Crippen LogP contribution in [0, 0.1) is 0 Å². The number of hydrogen-bond donors (Lipinski definition) is 0. The molecule has 3 fully saturated rings. The van der Waals surface area contributed by atoms with Crippen molar-refractivity contribution in [2.24, 2.45) is 0 Å². The summed E-state index contributed by atoms with van der Waals surface area (Å²) in [6.45, 7) is 2.52. The number of para-hydroxylation sites is 2. The van der Waals surface area contributed by atoms with Gasteiger partial charge in [0.05, 0.1) is 29.6 Å². The Morgan fingerprint density at radius 3 is 2.45 bits per heavy atom. The van der Waals surface area contributed by atoms with E-state index in [9.17, 15) is 13.6 Å². The summed E-state index contributed by atoms with van der Waals surface area (Å²) in [6.07, 6.45) is 2.58. The lowest BCUT2D eigenvalue weighted by molar-refractivity contribution is 0.0299. The van der Waals surface area contributed by atoms with E-state index in [2.05, 4.69) is 14.9 Å². The molecule has 0 saturated carbocycles. The molecule has 210 valence electrons. The maximum atomic E-state index is 14.4. The van der Waals surface area contributed by atoms with Crippen LogP contribution in [0.25, 0.3) is 28.0 Å². The van der Waals surface area contributed by atoms with Crippen LogP contribution in [0.5, 0.6) is 0 Å². The fraction of sp³-hybridized carbons (Fsp3) is 0.519. The normalized spacial score (nSPS) is 21.7. The van der Waals surface area contributed by atoms with Gasteiger partial charge in [-0.2, -0.15) is 9.97 Å². The van der Waals surface area contributed by atoms with Gasteiger partial charge in [0.15, 0.2) is 22.8 Å². The topological polar surface area (TPSA) is 97.4 Å². The number of morpholine rings is 1. The lowest BCUT2D eigenvalue weighted by Crippen LogP contribution is -2.44. The number of amides is 2. The molecule has 2 atom stereocenters. The molecular formula is C27H31F2N9O2. The van der Waals surface area contributed by atoms with Gasteiger partial charge < -0.3 is 24.0 Å². The van der Waals surface area contributed by atoms with E-state index >= 15 is 0 Å². The zero-order chi connectivity index (χ0) is 27.5. The van der Waals surface area contributed by atoms with Crippen LogP contribution < -0.4 is 4.90 Å². The molecular weight excluding hydrogens is 520 g/mol. The maximum Gasteiger partial charge on any atom is 0.319 e. The van der Waals surface area contributed by atoms with Crippen molar-refractivity contribution in [2.45, 2.75) is 50.4 Å². The highest BCUT2D eigenvalue weighted by molar-refractivity contribution is 5.85. The molecule has 0 N–H and O–H groups in total. The standard InChI is InChI=1S/C27H31F2N9O2/c1-34(2)27(39)35-11-9-16(10-12-35)37-15-30-21-23(37)32-26(36-13-17-7-8-18(14-36)40-17)33-24(21)38-20-6-4-3-5-19(20)31-25(38)22(28)29/h3-6,15-18,22H,7-14H2,1-2H3. The number of hydrogen-bond acceptors (Lipinski definition) is 7. The summed E-state index contributed by atoms with van der Waals surface area (Å²) in [5.41, 5.74) is 2.04. The number of benzene rings is 1. The predicted molar refractivity (Wildman–Crippen MR) is 144 cm³/mol. The number of likely N-dealkylation sites (tertiary alicyclic amines) is 1. The van der Waals surface area contributed by atoms with Crippen molar-refractivity contribution >= 4 is 34.2 Å². The van der Waals surface area contributed by atoms with Gasteiger partial charge >= 0.3 is 6.03 Å². The summed E-state index contributed by atoms with van der Waals surface area (Å²) in [4.78, 5) is 36.8. The Morgan fingerprint density at radius 2 is 1.75 bits per heavy atom. The average molecular weight is 552 g/mol. The molecule has 0 spiro atoms. The van der Waals surface area contributed by atoms with Crippen molar-refractivity contribution in [3.8, 4) is 5.82 Å². The van der Waals surface area contributed by atoms with E-state index in [1.807, 2.05) is 9.47 Å². The van der Waals surface area contributed by atoms with E-state index in [1.165, 1.54) is 4.57 Å². The molecule has 6 heterocycles. The molecule has 13 heteroatoms. The van der Waals surface area contributed by atoms with Gasteiger partial charge in [0, 0.05) is 46.3 Å². The predicted octanol–water partition coefficient (Wildman–Crippen LogP) is 3.79. The Balaban J connectivity index is 1.36. The minimum atomic E-state index is -2.80. The van der Waals surface area contributed by atoms with Crippen LogP contribution in [0.2, 0.25) is 0 Å².